The highest BCUT2D eigenvalue weighted by Crippen LogP contribution is 2.62. The summed E-state index contributed by atoms with van der Waals surface area (Å²) in [6.45, 7) is 9.29. The van der Waals surface area contributed by atoms with Crippen LogP contribution in [0.1, 0.15) is 70.4 Å². The van der Waals surface area contributed by atoms with Gasteiger partial charge in [0.2, 0.25) is 0 Å². The Morgan fingerprint density at radius 3 is 2.59 bits per heavy atom. The van der Waals surface area contributed by atoms with E-state index in [1.54, 1.807) is 7.11 Å². The van der Waals surface area contributed by atoms with E-state index in [0.29, 0.717) is 11.3 Å². The van der Waals surface area contributed by atoms with Crippen LogP contribution in [0.4, 0.5) is 0 Å². The zero-order valence-corrected chi connectivity index (χ0v) is 17.7. The molecular formula is C24H36O3. The highest BCUT2D eigenvalue weighted by Gasteiger charge is 2.55. The quantitative estimate of drug-likeness (QED) is 0.702. The summed E-state index contributed by atoms with van der Waals surface area (Å²) in [5, 5.41) is 9.95. The molecule has 150 valence electrons. The Labute approximate surface area is 164 Å². The summed E-state index contributed by atoms with van der Waals surface area (Å²) in [5.74, 6) is 0.981. The summed E-state index contributed by atoms with van der Waals surface area (Å²) in [5.41, 5.74) is 2.92. The van der Waals surface area contributed by atoms with Crippen molar-refractivity contribution in [1.82, 2.24) is 0 Å². The molecule has 0 aliphatic heterocycles. The summed E-state index contributed by atoms with van der Waals surface area (Å²) >= 11 is 0. The van der Waals surface area contributed by atoms with Crippen molar-refractivity contribution in [2.45, 2.75) is 72.6 Å². The fraction of sp³-hybridized carbons (Fsp3) is 0.708. The van der Waals surface area contributed by atoms with E-state index in [9.17, 15) is 9.90 Å². The van der Waals surface area contributed by atoms with Crippen LogP contribution < -0.4 is 4.74 Å². The molecule has 0 spiro atoms. The van der Waals surface area contributed by atoms with Crippen molar-refractivity contribution in [3.8, 4) is 5.75 Å². The number of aryl methyl sites for hydroxylation is 2. The summed E-state index contributed by atoms with van der Waals surface area (Å²) in [6.07, 6.45) is 7.44. The van der Waals surface area contributed by atoms with E-state index in [1.807, 2.05) is 6.07 Å². The molecule has 0 bridgehead atoms. The fourth-order valence-corrected chi connectivity index (χ4v) is 6.57. The number of carboxylic acid groups (broad SMARTS) is 1. The Morgan fingerprint density at radius 2 is 1.93 bits per heavy atom. The lowest BCUT2D eigenvalue weighted by Crippen LogP contribution is -2.53. The molecule has 0 heterocycles. The van der Waals surface area contributed by atoms with Gasteiger partial charge in [-0.05, 0) is 91.4 Å². The normalized spacial score (nSPS) is 32.6. The Morgan fingerprint density at radius 1 is 1.19 bits per heavy atom. The van der Waals surface area contributed by atoms with Crippen LogP contribution in [0.2, 0.25) is 0 Å². The predicted molar refractivity (Wildman–Crippen MR) is 109 cm³/mol. The average Bonchev–Trinajstić information content (AvgIpc) is 2.58. The first-order valence-electron chi connectivity index (χ1n) is 10.5. The summed E-state index contributed by atoms with van der Waals surface area (Å²) in [7, 11) is 1.70. The van der Waals surface area contributed by atoms with Crippen LogP contribution in [0, 0.1) is 35.5 Å². The van der Waals surface area contributed by atoms with E-state index in [4.69, 9.17) is 4.74 Å². The predicted octanol–water partition coefficient (Wildman–Crippen LogP) is 5.88. The number of carboxylic acids is 1. The van der Waals surface area contributed by atoms with Crippen LogP contribution in [0.15, 0.2) is 18.2 Å². The van der Waals surface area contributed by atoms with Crippen molar-refractivity contribution in [1.29, 1.82) is 0 Å². The third-order valence-electron chi connectivity index (χ3n) is 7.78. The van der Waals surface area contributed by atoms with Crippen LogP contribution in [0.5, 0.6) is 5.75 Å². The molecule has 0 aromatic heterocycles. The Kier molecular flexibility index (Phi) is 5.61. The second-order valence-electron chi connectivity index (χ2n) is 9.93. The SMILES string of the molecule is COc1cc(C)cc(CC[C@H]2[C@@H](C(=O)O)CC[C@H]3C(C)(C)CCC[C@]23C)c1. The van der Waals surface area contributed by atoms with E-state index in [-0.39, 0.29) is 17.3 Å². The number of fused-ring (bicyclic) bond motifs is 1. The Bertz CT molecular complexity index is 693. The molecule has 1 aromatic rings. The van der Waals surface area contributed by atoms with Gasteiger partial charge in [0.25, 0.3) is 0 Å². The minimum Gasteiger partial charge on any atom is -0.497 e. The number of ether oxygens (including phenoxy) is 1. The van der Waals surface area contributed by atoms with Gasteiger partial charge in [-0.3, -0.25) is 4.79 Å². The van der Waals surface area contributed by atoms with Gasteiger partial charge in [0.05, 0.1) is 13.0 Å². The monoisotopic (exact) mass is 372 g/mol. The first-order valence-corrected chi connectivity index (χ1v) is 10.5. The molecule has 1 aromatic carbocycles. The molecule has 3 nitrogen and oxygen atoms in total. The molecule has 2 fully saturated rings. The van der Waals surface area contributed by atoms with E-state index in [1.165, 1.54) is 30.4 Å². The zero-order valence-electron chi connectivity index (χ0n) is 17.7. The maximum Gasteiger partial charge on any atom is 0.306 e. The lowest BCUT2D eigenvalue weighted by atomic mass is 9.46. The average molecular weight is 373 g/mol. The van der Waals surface area contributed by atoms with Crippen molar-refractivity contribution in [3.63, 3.8) is 0 Å². The molecule has 2 aliphatic rings. The van der Waals surface area contributed by atoms with Gasteiger partial charge in [-0.25, -0.2) is 0 Å². The first kappa shape index (κ1) is 20.2. The minimum atomic E-state index is -0.593. The number of hydrogen-bond donors (Lipinski definition) is 1. The minimum absolute atomic E-state index is 0.136. The Balaban J connectivity index is 1.87. The van der Waals surface area contributed by atoms with Crippen LogP contribution >= 0.6 is 0 Å². The fourth-order valence-electron chi connectivity index (χ4n) is 6.57. The number of methoxy groups -OCH3 is 1. The number of benzene rings is 1. The van der Waals surface area contributed by atoms with Crippen molar-refractivity contribution in [3.05, 3.63) is 29.3 Å². The van der Waals surface area contributed by atoms with Crippen molar-refractivity contribution >= 4 is 5.97 Å². The molecule has 2 saturated carbocycles. The third kappa shape index (κ3) is 3.88. The van der Waals surface area contributed by atoms with Gasteiger partial charge < -0.3 is 9.84 Å². The molecule has 3 heteroatoms. The molecule has 0 saturated heterocycles. The molecule has 0 amide bonds. The second-order valence-corrected chi connectivity index (χ2v) is 9.93. The molecule has 0 radical (unpaired) electrons. The van der Waals surface area contributed by atoms with Crippen molar-refractivity contribution in [2.75, 3.05) is 7.11 Å². The van der Waals surface area contributed by atoms with Crippen LogP contribution in [-0.4, -0.2) is 18.2 Å². The molecule has 27 heavy (non-hydrogen) atoms. The van der Waals surface area contributed by atoms with Crippen molar-refractivity contribution < 1.29 is 14.6 Å². The second kappa shape index (κ2) is 7.48. The van der Waals surface area contributed by atoms with E-state index in [0.717, 1.165) is 31.4 Å². The molecule has 3 rings (SSSR count). The molecule has 0 unspecified atom stereocenters. The molecular weight excluding hydrogens is 336 g/mol. The smallest absolute Gasteiger partial charge is 0.306 e. The maximum absolute atomic E-state index is 12.1. The van der Waals surface area contributed by atoms with Gasteiger partial charge in [0, 0.05) is 0 Å². The number of aliphatic carboxylic acids is 1. The summed E-state index contributed by atoms with van der Waals surface area (Å²) in [6, 6.07) is 6.37. The highest BCUT2D eigenvalue weighted by atomic mass is 16.5. The van der Waals surface area contributed by atoms with Crippen LogP contribution in [-0.2, 0) is 11.2 Å². The van der Waals surface area contributed by atoms with Gasteiger partial charge in [-0.1, -0.05) is 33.3 Å². The topological polar surface area (TPSA) is 46.5 Å². The first-order chi connectivity index (χ1) is 12.7. The maximum atomic E-state index is 12.1. The summed E-state index contributed by atoms with van der Waals surface area (Å²) < 4.78 is 5.43. The lowest BCUT2D eigenvalue weighted by molar-refractivity contribution is -0.158. The zero-order chi connectivity index (χ0) is 19.8. The molecule has 1 N–H and O–H groups in total. The molecule has 2 aliphatic carbocycles. The van der Waals surface area contributed by atoms with E-state index >= 15 is 0 Å². The highest BCUT2D eigenvalue weighted by molar-refractivity contribution is 5.70. The van der Waals surface area contributed by atoms with Gasteiger partial charge in [0.1, 0.15) is 5.75 Å². The standard InChI is InChI=1S/C24H36O3/c1-16-13-17(15-18(14-16)27-5)7-9-20-19(22(25)26)8-10-21-23(2,3)11-6-12-24(20,21)4/h13-15,19-21H,6-12H2,1-5H3,(H,25,26)/t19-,20-,21-,24+/m0/s1. The van der Waals surface area contributed by atoms with E-state index < -0.39 is 5.97 Å². The van der Waals surface area contributed by atoms with Gasteiger partial charge in [-0.2, -0.15) is 0 Å². The number of carbonyl (C=O) groups is 1. The van der Waals surface area contributed by atoms with Gasteiger partial charge in [0.15, 0.2) is 0 Å². The van der Waals surface area contributed by atoms with Crippen molar-refractivity contribution in [2.24, 2.45) is 28.6 Å². The third-order valence-corrected chi connectivity index (χ3v) is 7.78. The lowest BCUT2D eigenvalue weighted by Gasteiger charge is -2.59. The molecule has 4 atom stereocenters. The van der Waals surface area contributed by atoms with Gasteiger partial charge >= 0.3 is 5.97 Å². The summed E-state index contributed by atoms with van der Waals surface area (Å²) in [4.78, 5) is 12.1. The number of hydrogen-bond acceptors (Lipinski definition) is 2. The van der Waals surface area contributed by atoms with Crippen LogP contribution in [0.3, 0.4) is 0 Å². The number of rotatable bonds is 5. The Hall–Kier alpha value is -1.51. The van der Waals surface area contributed by atoms with Crippen LogP contribution in [0.25, 0.3) is 0 Å². The largest absolute Gasteiger partial charge is 0.497 e. The van der Waals surface area contributed by atoms with Gasteiger partial charge in [-0.15, -0.1) is 0 Å². The van der Waals surface area contributed by atoms with E-state index in [2.05, 4.69) is 39.8 Å².